The molecule has 0 aliphatic heterocycles. The molecule has 5 heteroatoms. The summed E-state index contributed by atoms with van der Waals surface area (Å²) in [5.74, 6) is -0.0823. The van der Waals surface area contributed by atoms with Crippen LogP contribution in [0.3, 0.4) is 0 Å². The van der Waals surface area contributed by atoms with Crippen LogP contribution >= 0.6 is 0 Å². The van der Waals surface area contributed by atoms with Crippen LogP contribution < -0.4 is 10.2 Å². The van der Waals surface area contributed by atoms with Gasteiger partial charge in [0.05, 0.1) is 6.54 Å². The van der Waals surface area contributed by atoms with E-state index in [1.54, 1.807) is 50.3 Å². The molecule has 0 spiro atoms. The van der Waals surface area contributed by atoms with E-state index in [1.165, 1.54) is 4.90 Å². The van der Waals surface area contributed by atoms with Crippen LogP contribution in [0.1, 0.15) is 10.4 Å². The van der Waals surface area contributed by atoms with E-state index in [0.29, 0.717) is 5.56 Å². The standard InChI is InChI=1S/C18H21N3O2/c1-20(2)17(22)13-19-15-11-9-14(10-12-15)18(23)21(3)16-7-5-4-6-8-16/h4-12,19H,13H2,1-3H3. The van der Waals surface area contributed by atoms with E-state index in [0.717, 1.165) is 11.4 Å². The zero-order valence-electron chi connectivity index (χ0n) is 13.6. The summed E-state index contributed by atoms with van der Waals surface area (Å²) in [6.07, 6.45) is 0. The molecule has 0 atom stereocenters. The van der Waals surface area contributed by atoms with Crippen molar-refractivity contribution in [2.24, 2.45) is 0 Å². The second kappa shape index (κ2) is 7.45. The number of anilines is 2. The fourth-order valence-corrected chi connectivity index (χ4v) is 2.03. The van der Waals surface area contributed by atoms with Crippen molar-refractivity contribution in [3.05, 3.63) is 60.2 Å². The molecule has 2 rings (SSSR count). The molecule has 2 amide bonds. The Morgan fingerprint density at radius 2 is 1.52 bits per heavy atom. The summed E-state index contributed by atoms with van der Waals surface area (Å²) in [5, 5.41) is 3.04. The number of carbonyl (C=O) groups is 2. The van der Waals surface area contributed by atoms with Crippen molar-refractivity contribution >= 4 is 23.2 Å². The molecule has 2 aromatic rings. The highest BCUT2D eigenvalue weighted by Gasteiger charge is 2.13. The van der Waals surface area contributed by atoms with E-state index in [2.05, 4.69) is 5.32 Å². The predicted octanol–water partition coefficient (Wildman–Crippen LogP) is 2.46. The average molecular weight is 311 g/mol. The van der Waals surface area contributed by atoms with Crippen LogP contribution in [0.2, 0.25) is 0 Å². The number of nitrogens with one attached hydrogen (secondary N) is 1. The Kier molecular flexibility index (Phi) is 5.36. The van der Waals surface area contributed by atoms with Gasteiger partial charge in [0.25, 0.3) is 5.91 Å². The first-order valence-corrected chi connectivity index (χ1v) is 7.36. The number of nitrogens with zero attached hydrogens (tertiary/aromatic N) is 2. The van der Waals surface area contributed by atoms with Gasteiger partial charge in [0.2, 0.25) is 5.91 Å². The monoisotopic (exact) mass is 311 g/mol. The van der Waals surface area contributed by atoms with Gasteiger partial charge in [-0.25, -0.2) is 0 Å². The molecular formula is C18H21N3O2. The highest BCUT2D eigenvalue weighted by molar-refractivity contribution is 6.05. The lowest BCUT2D eigenvalue weighted by atomic mass is 10.1. The van der Waals surface area contributed by atoms with Crippen LogP contribution in [0.4, 0.5) is 11.4 Å². The van der Waals surface area contributed by atoms with Crippen molar-refractivity contribution in [1.29, 1.82) is 0 Å². The minimum absolute atomic E-state index is 0.00559. The summed E-state index contributed by atoms with van der Waals surface area (Å²) in [6.45, 7) is 0.226. The Morgan fingerprint density at radius 3 is 2.09 bits per heavy atom. The number of hydrogen-bond acceptors (Lipinski definition) is 3. The lowest BCUT2D eigenvalue weighted by molar-refractivity contribution is -0.126. The number of benzene rings is 2. The molecule has 0 heterocycles. The molecule has 0 aliphatic rings. The third kappa shape index (κ3) is 4.32. The van der Waals surface area contributed by atoms with Crippen LogP contribution in [0.15, 0.2) is 54.6 Å². The highest BCUT2D eigenvalue weighted by atomic mass is 16.2. The van der Waals surface area contributed by atoms with Gasteiger partial charge in [-0.15, -0.1) is 0 Å². The van der Waals surface area contributed by atoms with Crippen LogP contribution in [-0.2, 0) is 4.79 Å². The van der Waals surface area contributed by atoms with Crippen LogP contribution in [0.5, 0.6) is 0 Å². The molecule has 1 N–H and O–H groups in total. The van der Waals surface area contributed by atoms with Crippen molar-refractivity contribution in [1.82, 2.24) is 4.90 Å². The molecule has 120 valence electrons. The number of likely N-dealkylation sites (N-methyl/N-ethyl adjacent to an activating group) is 1. The summed E-state index contributed by atoms with van der Waals surface area (Å²) < 4.78 is 0. The van der Waals surface area contributed by atoms with E-state index >= 15 is 0 Å². The summed E-state index contributed by atoms with van der Waals surface area (Å²) >= 11 is 0. The minimum Gasteiger partial charge on any atom is -0.376 e. The summed E-state index contributed by atoms with van der Waals surface area (Å²) in [6, 6.07) is 16.6. The third-order valence-corrected chi connectivity index (χ3v) is 3.52. The smallest absolute Gasteiger partial charge is 0.258 e. The Labute approximate surface area is 136 Å². The van der Waals surface area contributed by atoms with Gasteiger partial charge in [0, 0.05) is 38.1 Å². The largest absolute Gasteiger partial charge is 0.376 e. The molecule has 2 aromatic carbocycles. The molecule has 5 nitrogen and oxygen atoms in total. The minimum atomic E-state index is -0.0767. The van der Waals surface area contributed by atoms with Gasteiger partial charge >= 0.3 is 0 Å². The Morgan fingerprint density at radius 1 is 0.913 bits per heavy atom. The number of amides is 2. The zero-order chi connectivity index (χ0) is 16.8. The number of para-hydroxylation sites is 1. The first kappa shape index (κ1) is 16.5. The molecule has 0 unspecified atom stereocenters. The predicted molar refractivity (Wildman–Crippen MR) is 92.8 cm³/mol. The topological polar surface area (TPSA) is 52.7 Å². The van der Waals surface area contributed by atoms with Crippen molar-refractivity contribution < 1.29 is 9.59 Å². The molecule has 0 aliphatic carbocycles. The Hall–Kier alpha value is -2.82. The Bertz CT molecular complexity index is 666. The molecule has 0 bridgehead atoms. The van der Waals surface area contributed by atoms with E-state index in [9.17, 15) is 9.59 Å². The normalized spacial score (nSPS) is 10.0. The molecule has 0 saturated carbocycles. The Balaban J connectivity index is 2.01. The fraction of sp³-hybridized carbons (Fsp3) is 0.222. The van der Waals surface area contributed by atoms with Crippen LogP contribution in [0.25, 0.3) is 0 Å². The average Bonchev–Trinajstić information content (AvgIpc) is 2.59. The van der Waals surface area contributed by atoms with Gasteiger partial charge in [-0.1, -0.05) is 18.2 Å². The molecule has 0 aromatic heterocycles. The maximum Gasteiger partial charge on any atom is 0.258 e. The maximum atomic E-state index is 12.5. The molecule has 0 fully saturated rings. The van der Waals surface area contributed by atoms with Crippen molar-refractivity contribution in [3.63, 3.8) is 0 Å². The molecule has 0 saturated heterocycles. The molecular weight excluding hydrogens is 290 g/mol. The van der Waals surface area contributed by atoms with Crippen LogP contribution in [0, 0.1) is 0 Å². The SMILES string of the molecule is CN(C)C(=O)CNc1ccc(C(=O)N(C)c2ccccc2)cc1. The first-order chi connectivity index (χ1) is 11.0. The third-order valence-electron chi connectivity index (χ3n) is 3.52. The van der Waals surface area contributed by atoms with Gasteiger partial charge in [-0.05, 0) is 36.4 Å². The lowest BCUT2D eigenvalue weighted by Crippen LogP contribution is -2.28. The summed E-state index contributed by atoms with van der Waals surface area (Å²) in [7, 11) is 5.18. The van der Waals surface area contributed by atoms with E-state index in [4.69, 9.17) is 0 Å². The molecule has 23 heavy (non-hydrogen) atoms. The number of carbonyl (C=O) groups excluding carboxylic acids is 2. The van der Waals surface area contributed by atoms with E-state index < -0.39 is 0 Å². The van der Waals surface area contributed by atoms with E-state index in [1.807, 2.05) is 30.3 Å². The maximum absolute atomic E-state index is 12.5. The first-order valence-electron chi connectivity index (χ1n) is 7.36. The summed E-state index contributed by atoms with van der Waals surface area (Å²) in [4.78, 5) is 27.1. The highest BCUT2D eigenvalue weighted by Crippen LogP contribution is 2.16. The quantitative estimate of drug-likeness (QED) is 0.923. The van der Waals surface area contributed by atoms with Gasteiger partial charge in [0.1, 0.15) is 0 Å². The van der Waals surface area contributed by atoms with E-state index in [-0.39, 0.29) is 18.4 Å². The van der Waals surface area contributed by atoms with Gasteiger partial charge in [-0.2, -0.15) is 0 Å². The van der Waals surface area contributed by atoms with Gasteiger partial charge in [0.15, 0.2) is 0 Å². The summed E-state index contributed by atoms with van der Waals surface area (Å²) in [5.41, 5.74) is 2.25. The van der Waals surface area contributed by atoms with Gasteiger partial charge < -0.3 is 15.1 Å². The molecule has 0 radical (unpaired) electrons. The van der Waals surface area contributed by atoms with Crippen molar-refractivity contribution in [2.45, 2.75) is 0 Å². The number of rotatable bonds is 5. The zero-order valence-corrected chi connectivity index (χ0v) is 13.6. The lowest BCUT2D eigenvalue weighted by Gasteiger charge is -2.17. The van der Waals surface area contributed by atoms with Gasteiger partial charge in [-0.3, -0.25) is 9.59 Å². The van der Waals surface area contributed by atoms with Crippen molar-refractivity contribution in [2.75, 3.05) is 37.9 Å². The fourth-order valence-electron chi connectivity index (χ4n) is 2.03. The van der Waals surface area contributed by atoms with Crippen molar-refractivity contribution in [3.8, 4) is 0 Å². The van der Waals surface area contributed by atoms with Crippen LogP contribution in [-0.4, -0.2) is 44.4 Å². The number of hydrogen-bond donors (Lipinski definition) is 1. The second-order valence-electron chi connectivity index (χ2n) is 5.42. The second-order valence-corrected chi connectivity index (χ2v) is 5.42.